The predicted octanol–water partition coefficient (Wildman–Crippen LogP) is 1.32. The van der Waals surface area contributed by atoms with Crippen molar-refractivity contribution >= 4 is 23.4 Å². The van der Waals surface area contributed by atoms with Crippen LogP contribution in [0.1, 0.15) is 0 Å². The van der Waals surface area contributed by atoms with E-state index >= 15 is 0 Å². The highest BCUT2D eigenvalue weighted by Crippen LogP contribution is 2.17. The summed E-state index contributed by atoms with van der Waals surface area (Å²) in [5.41, 5.74) is 1.65. The van der Waals surface area contributed by atoms with Crippen molar-refractivity contribution in [3.8, 4) is 5.75 Å². The molecule has 0 bridgehead atoms. The lowest BCUT2D eigenvalue weighted by molar-refractivity contribution is 0.384. The van der Waals surface area contributed by atoms with Gasteiger partial charge >= 0.3 is 5.69 Å². The van der Waals surface area contributed by atoms with Crippen LogP contribution in [0.2, 0.25) is 0 Å². The van der Waals surface area contributed by atoms with E-state index in [-0.39, 0.29) is 18.1 Å². The first kappa shape index (κ1) is 14.6. The monoisotopic (exact) mass is 271 g/mol. The van der Waals surface area contributed by atoms with Crippen LogP contribution in [0, 0.1) is 0 Å². The molecule has 0 saturated heterocycles. The van der Waals surface area contributed by atoms with Gasteiger partial charge in [0.2, 0.25) is 0 Å². The lowest BCUT2D eigenvalue weighted by Crippen LogP contribution is -2.24. The fraction of sp³-hybridized carbons (Fsp3) is 0.417. The van der Waals surface area contributed by atoms with Crippen molar-refractivity contribution in [3.05, 3.63) is 28.7 Å². The van der Waals surface area contributed by atoms with Crippen LogP contribution >= 0.6 is 12.4 Å². The van der Waals surface area contributed by atoms with E-state index in [1.165, 1.54) is 0 Å². The Balaban J connectivity index is 0.00000162. The average molecular weight is 272 g/mol. The number of aromatic amines is 1. The van der Waals surface area contributed by atoms with Crippen molar-refractivity contribution in [2.45, 2.75) is 6.54 Å². The molecule has 0 aliphatic carbocycles. The van der Waals surface area contributed by atoms with Crippen LogP contribution in [-0.4, -0.2) is 42.2 Å². The topological polar surface area (TPSA) is 50.3 Å². The number of hydrogen-bond donors (Lipinski definition) is 1. The van der Waals surface area contributed by atoms with Gasteiger partial charge in [0.15, 0.2) is 0 Å². The Labute approximate surface area is 112 Å². The standard InChI is InChI=1S/C12H17N3O2.ClH/c1-14(2)6-7-15-11-5-4-9(17-3)8-10(11)13-12(15)16;/h4-5,8H,6-7H2,1-3H3,(H,13,16);1H. The maximum Gasteiger partial charge on any atom is 0.326 e. The number of imidazole rings is 1. The van der Waals surface area contributed by atoms with E-state index in [0.29, 0.717) is 6.54 Å². The van der Waals surface area contributed by atoms with Crippen LogP contribution < -0.4 is 10.4 Å². The van der Waals surface area contributed by atoms with E-state index in [0.717, 1.165) is 23.3 Å². The number of methoxy groups -OCH3 is 1. The molecule has 1 aromatic carbocycles. The number of likely N-dealkylation sites (N-methyl/N-ethyl adjacent to an activating group) is 1. The smallest absolute Gasteiger partial charge is 0.326 e. The molecule has 0 atom stereocenters. The Morgan fingerprint density at radius 2 is 2.11 bits per heavy atom. The van der Waals surface area contributed by atoms with Gasteiger partial charge in [-0.25, -0.2) is 4.79 Å². The molecule has 0 amide bonds. The number of aromatic nitrogens is 2. The molecule has 0 radical (unpaired) electrons. The number of hydrogen-bond acceptors (Lipinski definition) is 3. The van der Waals surface area contributed by atoms with Crippen LogP contribution in [0.25, 0.3) is 11.0 Å². The molecule has 1 aromatic heterocycles. The third-order valence-corrected chi connectivity index (χ3v) is 2.75. The molecular formula is C12H18ClN3O2. The van der Waals surface area contributed by atoms with Crippen molar-refractivity contribution in [2.24, 2.45) is 0 Å². The molecular weight excluding hydrogens is 254 g/mol. The van der Waals surface area contributed by atoms with Gasteiger partial charge < -0.3 is 14.6 Å². The first-order valence-corrected chi connectivity index (χ1v) is 5.53. The molecule has 100 valence electrons. The highest BCUT2D eigenvalue weighted by Gasteiger charge is 2.07. The van der Waals surface area contributed by atoms with Gasteiger partial charge in [0.25, 0.3) is 0 Å². The molecule has 0 fully saturated rings. The number of fused-ring (bicyclic) bond motifs is 1. The van der Waals surface area contributed by atoms with E-state index in [2.05, 4.69) is 9.88 Å². The second-order valence-corrected chi connectivity index (χ2v) is 4.27. The number of ether oxygens (including phenoxy) is 1. The average Bonchev–Trinajstić information content (AvgIpc) is 2.60. The molecule has 1 heterocycles. The van der Waals surface area contributed by atoms with Crippen LogP contribution in [0.5, 0.6) is 5.75 Å². The molecule has 0 aliphatic heterocycles. The van der Waals surface area contributed by atoms with Crippen LogP contribution in [0.3, 0.4) is 0 Å². The summed E-state index contributed by atoms with van der Waals surface area (Å²) in [5.74, 6) is 0.749. The van der Waals surface area contributed by atoms with Gasteiger partial charge in [-0.05, 0) is 26.2 Å². The zero-order valence-electron chi connectivity index (χ0n) is 10.8. The minimum atomic E-state index is -0.0740. The Kier molecular flexibility index (Phi) is 4.81. The van der Waals surface area contributed by atoms with Gasteiger partial charge in [0, 0.05) is 19.2 Å². The molecule has 6 heteroatoms. The summed E-state index contributed by atoms with van der Waals surface area (Å²) < 4.78 is 6.87. The molecule has 5 nitrogen and oxygen atoms in total. The molecule has 1 N–H and O–H groups in total. The Bertz CT molecular complexity index is 574. The first-order valence-electron chi connectivity index (χ1n) is 5.53. The number of halogens is 1. The third-order valence-electron chi connectivity index (χ3n) is 2.75. The predicted molar refractivity (Wildman–Crippen MR) is 74.9 cm³/mol. The number of H-pyrrole nitrogens is 1. The summed E-state index contributed by atoms with van der Waals surface area (Å²) in [5, 5.41) is 0. The van der Waals surface area contributed by atoms with Gasteiger partial charge in [-0.1, -0.05) is 0 Å². The maximum atomic E-state index is 11.8. The quantitative estimate of drug-likeness (QED) is 0.913. The summed E-state index contributed by atoms with van der Waals surface area (Å²) in [6.45, 7) is 1.51. The minimum Gasteiger partial charge on any atom is -0.497 e. The molecule has 2 rings (SSSR count). The summed E-state index contributed by atoms with van der Waals surface area (Å²) in [6, 6.07) is 5.60. The Morgan fingerprint density at radius 1 is 1.39 bits per heavy atom. The molecule has 0 saturated carbocycles. The molecule has 2 aromatic rings. The van der Waals surface area contributed by atoms with Crippen LogP contribution in [0.15, 0.2) is 23.0 Å². The SMILES string of the molecule is COc1ccc2c(c1)[nH]c(=O)n2CCN(C)C.Cl. The largest absolute Gasteiger partial charge is 0.497 e. The second-order valence-electron chi connectivity index (χ2n) is 4.27. The molecule has 18 heavy (non-hydrogen) atoms. The van der Waals surface area contributed by atoms with E-state index in [9.17, 15) is 4.79 Å². The lowest BCUT2D eigenvalue weighted by atomic mass is 10.3. The number of benzene rings is 1. The number of rotatable bonds is 4. The van der Waals surface area contributed by atoms with Crippen molar-refractivity contribution in [1.82, 2.24) is 14.5 Å². The summed E-state index contributed by atoms with van der Waals surface area (Å²) in [6.07, 6.45) is 0. The van der Waals surface area contributed by atoms with E-state index in [1.54, 1.807) is 11.7 Å². The van der Waals surface area contributed by atoms with Crippen LogP contribution in [0.4, 0.5) is 0 Å². The van der Waals surface area contributed by atoms with Gasteiger partial charge in [-0.3, -0.25) is 4.57 Å². The van der Waals surface area contributed by atoms with Crippen molar-refractivity contribution in [3.63, 3.8) is 0 Å². The maximum absolute atomic E-state index is 11.8. The van der Waals surface area contributed by atoms with Crippen molar-refractivity contribution < 1.29 is 4.74 Å². The molecule has 0 unspecified atom stereocenters. The van der Waals surface area contributed by atoms with E-state index < -0.39 is 0 Å². The van der Waals surface area contributed by atoms with Gasteiger partial charge in [-0.15, -0.1) is 12.4 Å². The highest BCUT2D eigenvalue weighted by molar-refractivity contribution is 5.85. The zero-order valence-corrected chi connectivity index (χ0v) is 11.6. The number of nitrogens with one attached hydrogen (secondary N) is 1. The summed E-state index contributed by atoms with van der Waals surface area (Å²) >= 11 is 0. The van der Waals surface area contributed by atoms with Gasteiger partial charge in [0.1, 0.15) is 5.75 Å². The Morgan fingerprint density at radius 3 is 2.72 bits per heavy atom. The summed E-state index contributed by atoms with van der Waals surface area (Å²) in [4.78, 5) is 16.7. The highest BCUT2D eigenvalue weighted by atomic mass is 35.5. The van der Waals surface area contributed by atoms with Crippen molar-refractivity contribution in [1.29, 1.82) is 0 Å². The number of nitrogens with zero attached hydrogens (tertiary/aromatic N) is 2. The lowest BCUT2D eigenvalue weighted by Gasteiger charge is -2.09. The first-order chi connectivity index (χ1) is 8.11. The fourth-order valence-electron chi connectivity index (χ4n) is 1.79. The summed E-state index contributed by atoms with van der Waals surface area (Å²) in [7, 11) is 5.59. The second kappa shape index (κ2) is 5.93. The van der Waals surface area contributed by atoms with E-state index in [1.807, 2.05) is 32.3 Å². The van der Waals surface area contributed by atoms with Crippen LogP contribution in [-0.2, 0) is 6.54 Å². The molecule has 0 aliphatic rings. The fourth-order valence-corrected chi connectivity index (χ4v) is 1.79. The van der Waals surface area contributed by atoms with Gasteiger partial charge in [-0.2, -0.15) is 0 Å². The van der Waals surface area contributed by atoms with E-state index in [4.69, 9.17) is 4.74 Å². The minimum absolute atomic E-state index is 0. The third kappa shape index (κ3) is 2.86. The molecule has 0 spiro atoms. The zero-order chi connectivity index (χ0) is 12.4. The van der Waals surface area contributed by atoms with Crippen molar-refractivity contribution in [2.75, 3.05) is 27.7 Å². The van der Waals surface area contributed by atoms with Gasteiger partial charge in [0.05, 0.1) is 18.1 Å². The normalized spacial score (nSPS) is 10.7. The Hall–Kier alpha value is -1.46.